The number of carbonyl (C=O) groups is 1. The molecule has 0 aromatic carbocycles. The molecular weight excluding hydrogens is 434 g/mol. The van der Waals surface area contributed by atoms with Crippen LogP contribution in [0.15, 0.2) is 6.20 Å². The van der Waals surface area contributed by atoms with Gasteiger partial charge in [0, 0.05) is 20.7 Å². The van der Waals surface area contributed by atoms with Crippen molar-refractivity contribution in [1.82, 2.24) is 4.98 Å². The first-order valence-electron chi connectivity index (χ1n) is 4.44. The van der Waals surface area contributed by atoms with Gasteiger partial charge in [-0.05, 0) is 22.6 Å². The highest BCUT2D eigenvalue weighted by atomic mass is 127. The Morgan fingerprint density at radius 2 is 2.17 bits per heavy atom. The molecule has 0 saturated heterocycles. The van der Waals surface area contributed by atoms with Gasteiger partial charge in [-0.2, -0.15) is 0 Å². The number of alkyl halides is 4. The van der Waals surface area contributed by atoms with Gasteiger partial charge in [-0.1, -0.05) is 15.9 Å². The zero-order chi connectivity index (χ0) is 13.9. The average Bonchev–Trinajstić information content (AvgIpc) is 2.20. The number of aliphatic carboxylic acids is 1. The van der Waals surface area contributed by atoms with Gasteiger partial charge in [0.15, 0.2) is 5.75 Å². The van der Waals surface area contributed by atoms with E-state index in [2.05, 4.69) is 25.7 Å². The summed E-state index contributed by atoms with van der Waals surface area (Å²) < 4.78 is 41.2. The normalized spacial score (nSPS) is 11.4. The lowest BCUT2D eigenvalue weighted by Crippen LogP contribution is -2.20. The average molecular weight is 440 g/mol. The van der Waals surface area contributed by atoms with Crippen LogP contribution in [0.1, 0.15) is 11.3 Å². The van der Waals surface area contributed by atoms with Gasteiger partial charge >= 0.3 is 12.3 Å². The smallest absolute Gasteiger partial charge is 0.481 e. The molecule has 0 aliphatic carbocycles. The molecule has 1 N–H and O–H groups in total. The van der Waals surface area contributed by atoms with E-state index in [1.54, 1.807) is 22.6 Å². The van der Waals surface area contributed by atoms with Crippen molar-refractivity contribution in [2.24, 2.45) is 0 Å². The summed E-state index contributed by atoms with van der Waals surface area (Å²) in [5, 5.41) is 8.74. The van der Waals surface area contributed by atoms with E-state index in [1.165, 1.54) is 6.20 Å². The molecule has 0 atom stereocenters. The van der Waals surface area contributed by atoms with Crippen LogP contribution in [0.25, 0.3) is 0 Å². The van der Waals surface area contributed by atoms with Gasteiger partial charge in [0.25, 0.3) is 0 Å². The molecule has 1 aromatic heterocycles. The highest BCUT2D eigenvalue weighted by molar-refractivity contribution is 14.1. The standard InChI is InChI=1S/C9H6BrF3INO3/c10-2-4-5(14)3-15-6(1-7(16)17)8(4)18-9(11,12)13/h3H,1-2H2,(H,16,17). The van der Waals surface area contributed by atoms with Gasteiger partial charge in [0.2, 0.25) is 0 Å². The van der Waals surface area contributed by atoms with Gasteiger partial charge in [-0.15, -0.1) is 13.2 Å². The van der Waals surface area contributed by atoms with Crippen molar-refractivity contribution in [2.75, 3.05) is 0 Å². The second kappa shape index (κ2) is 6.04. The SMILES string of the molecule is O=C(O)Cc1ncc(I)c(CBr)c1OC(F)(F)F. The van der Waals surface area contributed by atoms with E-state index in [9.17, 15) is 18.0 Å². The summed E-state index contributed by atoms with van der Waals surface area (Å²) in [6, 6.07) is 0. The number of hydrogen-bond donors (Lipinski definition) is 1. The largest absolute Gasteiger partial charge is 0.573 e. The molecule has 18 heavy (non-hydrogen) atoms. The molecule has 0 unspecified atom stereocenters. The number of hydrogen-bond acceptors (Lipinski definition) is 3. The maximum absolute atomic E-state index is 12.3. The number of carboxylic acid groups (broad SMARTS) is 1. The molecule has 1 aromatic rings. The van der Waals surface area contributed by atoms with Crippen LogP contribution in [-0.2, 0) is 16.5 Å². The van der Waals surface area contributed by atoms with Gasteiger partial charge in [-0.3, -0.25) is 9.78 Å². The molecule has 0 aliphatic heterocycles. The zero-order valence-corrected chi connectivity index (χ0v) is 12.3. The lowest BCUT2D eigenvalue weighted by atomic mass is 10.2. The molecule has 0 fully saturated rings. The Kier molecular flexibility index (Phi) is 5.20. The summed E-state index contributed by atoms with van der Waals surface area (Å²) in [5.41, 5.74) is -0.0335. The monoisotopic (exact) mass is 439 g/mol. The van der Waals surface area contributed by atoms with Gasteiger partial charge in [-0.25, -0.2) is 0 Å². The molecule has 0 bridgehead atoms. The van der Waals surface area contributed by atoms with Crippen molar-refractivity contribution in [3.63, 3.8) is 0 Å². The first-order valence-corrected chi connectivity index (χ1v) is 6.64. The Balaban J connectivity index is 3.29. The maximum Gasteiger partial charge on any atom is 0.573 e. The fourth-order valence-electron chi connectivity index (χ4n) is 1.18. The molecule has 0 saturated carbocycles. The van der Waals surface area contributed by atoms with E-state index in [0.717, 1.165) is 0 Å². The van der Waals surface area contributed by atoms with Gasteiger partial charge in [0.05, 0.1) is 12.1 Å². The highest BCUT2D eigenvalue weighted by Crippen LogP contribution is 2.33. The van der Waals surface area contributed by atoms with Crippen LogP contribution in [-0.4, -0.2) is 22.4 Å². The molecule has 0 radical (unpaired) electrons. The number of rotatable bonds is 4. The molecule has 0 aliphatic rings. The summed E-state index contributed by atoms with van der Waals surface area (Å²) in [5.74, 6) is -1.83. The third kappa shape index (κ3) is 4.26. The minimum absolute atomic E-state index is 0.103. The van der Waals surface area contributed by atoms with Crippen LogP contribution in [0.4, 0.5) is 13.2 Å². The van der Waals surface area contributed by atoms with Gasteiger partial charge in [0.1, 0.15) is 0 Å². The number of pyridine rings is 1. The third-order valence-corrected chi connectivity index (χ3v) is 3.32. The fourth-order valence-corrected chi connectivity index (χ4v) is 2.84. The quantitative estimate of drug-likeness (QED) is 0.578. The summed E-state index contributed by atoms with van der Waals surface area (Å²) in [4.78, 5) is 14.3. The molecule has 9 heteroatoms. The van der Waals surface area contributed by atoms with Crippen molar-refractivity contribution in [3.05, 3.63) is 21.0 Å². The van der Waals surface area contributed by atoms with Crippen LogP contribution >= 0.6 is 38.5 Å². The molecule has 100 valence electrons. The van der Waals surface area contributed by atoms with Crippen molar-refractivity contribution < 1.29 is 27.8 Å². The minimum atomic E-state index is -4.89. The molecule has 1 rings (SSSR count). The van der Waals surface area contributed by atoms with E-state index >= 15 is 0 Å². The topological polar surface area (TPSA) is 59.4 Å². The van der Waals surface area contributed by atoms with Crippen molar-refractivity contribution in [3.8, 4) is 5.75 Å². The fraction of sp³-hybridized carbons (Fsp3) is 0.333. The number of halogens is 5. The Hall–Kier alpha value is -0.580. The summed E-state index contributed by atoms with van der Waals surface area (Å²) in [6.07, 6.45) is -4.22. The Labute approximate surface area is 122 Å². The Bertz CT molecular complexity index is 467. The van der Waals surface area contributed by atoms with Crippen molar-refractivity contribution >= 4 is 44.5 Å². The first kappa shape index (κ1) is 15.5. The molecule has 0 spiro atoms. The maximum atomic E-state index is 12.3. The van der Waals surface area contributed by atoms with Crippen LogP contribution in [0.3, 0.4) is 0 Å². The number of carboxylic acids is 1. The second-order valence-corrected chi connectivity index (χ2v) is 4.84. The lowest BCUT2D eigenvalue weighted by molar-refractivity contribution is -0.275. The lowest BCUT2D eigenvalue weighted by Gasteiger charge is -2.16. The van der Waals surface area contributed by atoms with Crippen LogP contribution < -0.4 is 4.74 Å². The minimum Gasteiger partial charge on any atom is -0.481 e. The number of nitrogens with zero attached hydrogens (tertiary/aromatic N) is 1. The zero-order valence-electron chi connectivity index (χ0n) is 8.59. The summed E-state index contributed by atoms with van der Waals surface area (Å²) >= 11 is 4.84. The third-order valence-electron chi connectivity index (χ3n) is 1.83. The van der Waals surface area contributed by atoms with Crippen molar-refractivity contribution in [1.29, 1.82) is 0 Å². The summed E-state index contributed by atoms with van der Waals surface area (Å²) in [6.45, 7) is 0. The van der Waals surface area contributed by atoms with E-state index in [-0.39, 0.29) is 16.6 Å². The van der Waals surface area contributed by atoms with Crippen LogP contribution in [0.2, 0.25) is 0 Å². The van der Waals surface area contributed by atoms with Crippen LogP contribution in [0.5, 0.6) is 5.75 Å². The van der Waals surface area contributed by atoms with E-state index in [1.807, 2.05) is 0 Å². The number of aromatic nitrogens is 1. The first-order chi connectivity index (χ1) is 8.24. The summed E-state index contributed by atoms with van der Waals surface area (Å²) in [7, 11) is 0. The molecule has 0 amide bonds. The molecule has 1 heterocycles. The highest BCUT2D eigenvalue weighted by Gasteiger charge is 2.34. The second-order valence-electron chi connectivity index (χ2n) is 3.11. The van der Waals surface area contributed by atoms with Crippen LogP contribution in [0, 0.1) is 3.57 Å². The molecule has 4 nitrogen and oxygen atoms in total. The molecular formula is C9H6BrF3INO3. The van der Waals surface area contributed by atoms with E-state index < -0.39 is 24.5 Å². The van der Waals surface area contributed by atoms with E-state index in [4.69, 9.17) is 5.11 Å². The predicted molar refractivity (Wildman–Crippen MR) is 67.6 cm³/mol. The number of ether oxygens (including phenoxy) is 1. The Morgan fingerprint density at radius 1 is 1.56 bits per heavy atom. The van der Waals surface area contributed by atoms with Crippen molar-refractivity contribution in [2.45, 2.75) is 18.1 Å². The van der Waals surface area contributed by atoms with E-state index in [0.29, 0.717) is 3.57 Å². The van der Waals surface area contributed by atoms with Gasteiger partial charge < -0.3 is 9.84 Å². The Morgan fingerprint density at radius 3 is 2.61 bits per heavy atom. The predicted octanol–water partition coefficient (Wildman–Crippen LogP) is 3.11.